The Kier molecular flexibility index (Phi) is 4.83. The molecule has 1 saturated carbocycles. The summed E-state index contributed by atoms with van der Waals surface area (Å²) in [5.74, 6) is 1.35. The van der Waals surface area contributed by atoms with Gasteiger partial charge in [0, 0.05) is 5.92 Å². The molecule has 19 heavy (non-hydrogen) atoms. The van der Waals surface area contributed by atoms with Gasteiger partial charge in [-0.2, -0.15) is 0 Å². The second kappa shape index (κ2) is 6.60. The molecule has 0 unspecified atom stereocenters. The van der Waals surface area contributed by atoms with Crippen molar-refractivity contribution in [2.75, 3.05) is 13.2 Å². The molecule has 0 radical (unpaired) electrons. The molecule has 3 heteroatoms. The summed E-state index contributed by atoms with van der Waals surface area (Å²) in [5.41, 5.74) is 2.40. The van der Waals surface area contributed by atoms with Gasteiger partial charge in [0.1, 0.15) is 12.4 Å². The number of benzene rings is 1. The zero-order valence-electron chi connectivity index (χ0n) is 11.9. The molecule has 104 valence electrons. The average molecular weight is 261 g/mol. The molecule has 2 rings (SSSR count). The Bertz CT molecular complexity index is 436. The van der Waals surface area contributed by atoms with Crippen LogP contribution in [0.3, 0.4) is 0 Å². The number of aryl methyl sites for hydroxylation is 1. The summed E-state index contributed by atoms with van der Waals surface area (Å²) in [5, 5.41) is 2.96. The molecule has 1 aromatic rings. The van der Waals surface area contributed by atoms with E-state index in [0.29, 0.717) is 13.2 Å². The zero-order chi connectivity index (χ0) is 13.7. The van der Waals surface area contributed by atoms with Gasteiger partial charge in [0.05, 0.1) is 6.54 Å². The fraction of sp³-hybridized carbons (Fsp3) is 0.562. The molecule has 0 saturated heterocycles. The van der Waals surface area contributed by atoms with E-state index in [4.69, 9.17) is 4.74 Å². The number of hydrogen-bond acceptors (Lipinski definition) is 2. The summed E-state index contributed by atoms with van der Waals surface area (Å²) in [6.07, 6.45) is 4.47. The van der Waals surface area contributed by atoms with Crippen LogP contribution in [-0.2, 0) is 4.79 Å². The maximum absolute atomic E-state index is 11.8. The second-order valence-electron chi connectivity index (χ2n) is 5.32. The van der Waals surface area contributed by atoms with Gasteiger partial charge in [-0.15, -0.1) is 0 Å². The maximum atomic E-state index is 11.8. The highest BCUT2D eigenvalue weighted by atomic mass is 16.5. The molecule has 1 aliphatic carbocycles. The van der Waals surface area contributed by atoms with Crippen LogP contribution in [0.2, 0.25) is 0 Å². The highest BCUT2D eigenvalue weighted by Crippen LogP contribution is 2.24. The van der Waals surface area contributed by atoms with Crippen molar-refractivity contribution in [2.24, 2.45) is 5.92 Å². The summed E-state index contributed by atoms with van der Waals surface area (Å²) in [6.45, 7) is 5.25. The van der Waals surface area contributed by atoms with Crippen LogP contribution in [-0.4, -0.2) is 19.1 Å². The van der Waals surface area contributed by atoms with Crippen LogP contribution < -0.4 is 10.1 Å². The van der Waals surface area contributed by atoms with Crippen LogP contribution in [0.25, 0.3) is 0 Å². The third-order valence-electron chi connectivity index (χ3n) is 3.94. The lowest BCUT2D eigenvalue weighted by atomic mass is 10.1. The highest BCUT2D eigenvalue weighted by Gasteiger charge is 2.21. The smallest absolute Gasteiger partial charge is 0.223 e. The first-order valence-electron chi connectivity index (χ1n) is 7.15. The lowest BCUT2D eigenvalue weighted by Gasteiger charge is -2.13. The molecule has 1 N–H and O–H groups in total. The van der Waals surface area contributed by atoms with Crippen LogP contribution in [0.15, 0.2) is 18.2 Å². The van der Waals surface area contributed by atoms with E-state index in [9.17, 15) is 4.79 Å². The molecule has 0 spiro atoms. The summed E-state index contributed by atoms with van der Waals surface area (Å²) in [7, 11) is 0. The molecule has 0 bridgehead atoms. The lowest BCUT2D eigenvalue weighted by molar-refractivity contribution is -0.124. The van der Waals surface area contributed by atoms with E-state index in [1.807, 2.05) is 12.1 Å². The number of nitrogens with one attached hydrogen (secondary N) is 1. The SMILES string of the molecule is Cc1cccc(OCCNC(=O)C2CCCC2)c1C. The fourth-order valence-electron chi connectivity index (χ4n) is 2.55. The molecular weight excluding hydrogens is 238 g/mol. The zero-order valence-corrected chi connectivity index (χ0v) is 11.9. The minimum atomic E-state index is 0.196. The van der Waals surface area contributed by atoms with Gasteiger partial charge >= 0.3 is 0 Å². The molecule has 0 aromatic heterocycles. The van der Waals surface area contributed by atoms with Crippen molar-refractivity contribution in [3.05, 3.63) is 29.3 Å². The Balaban J connectivity index is 1.71. The van der Waals surface area contributed by atoms with Gasteiger partial charge in [0.15, 0.2) is 0 Å². The van der Waals surface area contributed by atoms with Crippen molar-refractivity contribution < 1.29 is 9.53 Å². The van der Waals surface area contributed by atoms with Crippen LogP contribution in [0, 0.1) is 19.8 Å². The number of ether oxygens (including phenoxy) is 1. The number of rotatable bonds is 5. The van der Waals surface area contributed by atoms with Gasteiger partial charge in [-0.05, 0) is 43.9 Å². The number of carbonyl (C=O) groups excluding carboxylic acids is 1. The monoisotopic (exact) mass is 261 g/mol. The standard InChI is InChI=1S/C16H23NO2/c1-12-6-5-9-15(13(12)2)19-11-10-17-16(18)14-7-3-4-8-14/h5-6,9,14H,3-4,7-8,10-11H2,1-2H3,(H,17,18). The predicted octanol–water partition coefficient (Wildman–Crippen LogP) is 2.99. The van der Waals surface area contributed by atoms with E-state index in [2.05, 4.69) is 25.2 Å². The first-order chi connectivity index (χ1) is 9.18. The summed E-state index contributed by atoms with van der Waals surface area (Å²) >= 11 is 0. The molecular formula is C16H23NO2. The van der Waals surface area contributed by atoms with Crippen LogP contribution in [0.5, 0.6) is 5.75 Å². The summed E-state index contributed by atoms with van der Waals surface area (Å²) in [6, 6.07) is 6.04. The Labute approximate surface area is 115 Å². The number of hydrogen-bond donors (Lipinski definition) is 1. The lowest BCUT2D eigenvalue weighted by Crippen LogP contribution is -2.32. The van der Waals surface area contributed by atoms with Gasteiger partial charge in [-0.25, -0.2) is 0 Å². The molecule has 1 amide bonds. The average Bonchev–Trinajstić information content (AvgIpc) is 2.93. The first-order valence-corrected chi connectivity index (χ1v) is 7.15. The van der Waals surface area contributed by atoms with Crippen molar-refractivity contribution in [3.63, 3.8) is 0 Å². The third kappa shape index (κ3) is 3.72. The number of carbonyl (C=O) groups is 1. The van der Waals surface area contributed by atoms with E-state index >= 15 is 0 Å². The predicted molar refractivity (Wildman–Crippen MR) is 76.4 cm³/mol. The molecule has 1 aromatic carbocycles. The van der Waals surface area contributed by atoms with Crippen molar-refractivity contribution in [1.82, 2.24) is 5.32 Å². The second-order valence-corrected chi connectivity index (χ2v) is 5.32. The Morgan fingerprint density at radius 3 is 2.79 bits per heavy atom. The van der Waals surface area contributed by atoms with Gasteiger partial charge in [-0.1, -0.05) is 25.0 Å². The van der Waals surface area contributed by atoms with Crippen LogP contribution in [0.4, 0.5) is 0 Å². The first kappa shape index (κ1) is 13.9. The molecule has 1 fully saturated rings. The number of amides is 1. The Hall–Kier alpha value is -1.51. The Morgan fingerprint density at radius 1 is 1.32 bits per heavy atom. The van der Waals surface area contributed by atoms with Gasteiger partial charge < -0.3 is 10.1 Å². The van der Waals surface area contributed by atoms with Crippen LogP contribution in [0.1, 0.15) is 36.8 Å². The van der Waals surface area contributed by atoms with Crippen molar-refractivity contribution in [1.29, 1.82) is 0 Å². The van der Waals surface area contributed by atoms with E-state index in [1.54, 1.807) is 0 Å². The molecule has 0 heterocycles. The van der Waals surface area contributed by atoms with E-state index in [-0.39, 0.29) is 11.8 Å². The van der Waals surface area contributed by atoms with E-state index < -0.39 is 0 Å². The highest BCUT2D eigenvalue weighted by molar-refractivity contribution is 5.78. The maximum Gasteiger partial charge on any atom is 0.223 e. The summed E-state index contributed by atoms with van der Waals surface area (Å²) in [4.78, 5) is 11.8. The Morgan fingerprint density at radius 2 is 2.05 bits per heavy atom. The van der Waals surface area contributed by atoms with Crippen LogP contribution >= 0.6 is 0 Å². The van der Waals surface area contributed by atoms with E-state index in [0.717, 1.165) is 18.6 Å². The quantitative estimate of drug-likeness (QED) is 0.827. The van der Waals surface area contributed by atoms with Crippen molar-refractivity contribution in [3.8, 4) is 5.75 Å². The minimum Gasteiger partial charge on any atom is -0.491 e. The van der Waals surface area contributed by atoms with Gasteiger partial charge in [0.2, 0.25) is 5.91 Å². The molecule has 1 aliphatic rings. The van der Waals surface area contributed by atoms with E-state index in [1.165, 1.54) is 24.0 Å². The third-order valence-corrected chi connectivity index (χ3v) is 3.94. The van der Waals surface area contributed by atoms with Crippen molar-refractivity contribution >= 4 is 5.91 Å². The largest absolute Gasteiger partial charge is 0.491 e. The van der Waals surface area contributed by atoms with Gasteiger partial charge in [0.25, 0.3) is 0 Å². The summed E-state index contributed by atoms with van der Waals surface area (Å²) < 4.78 is 5.72. The van der Waals surface area contributed by atoms with Crippen molar-refractivity contribution in [2.45, 2.75) is 39.5 Å². The molecule has 3 nitrogen and oxygen atoms in total. The topological polar surface area (TPSA) is 38.3 Å². The minimum absolute atomic E-state index is 0.196. The normalized spacial score (nSPS) is 15.5. The van der Waals surface area contributed by atoms with Gasteiger partial charge in [-0.3, -0.25) is 4.79 Å². The fourth-order valence-corrected chi connectivity index (χ4v) is 2.55. The molecule has 0 atom stereocenters. The molecule has 0 aliphatic heterocycles.